The van der Waals surface area contributed by atoms with Crippen LogP contribution in [0.15, 0.2) is 0 Å². The third kappa shape index (κ3) is 2.97. The van der Waals surface area contributed by atoms with Crippen molar-refractivity contribution in [2.24, 2.45) is 12.5 Å². The quantitative estimate of drug-likeness (QED) is 0.861. The molecule has 0 spiro atoms. The van der Waals surface area contributed by atoms with Gasteiger partial charge in [0.1, 0.15) is 0 Å². The molecule has 1 aliphatic rings. The van der Waals surface area contributed by atoms with Crippen molar-refractivity contribution in [2.45, 2.75) is 33.6 Å². The van der Waals surface area contributed by atoms with Gasteiger partial charge in [0, 0.05) is 19.3 Å². The van der Waals surface area contributed by atoms with Crippen molar-refractivity contribution in [3.8, 4) is 0 Å². The summed E-state index contributed by atoms with van der Waals surface area (Å²) in [6.45, 7) is 8.88. The van der Waals surface area contributed by atoms with Crippen LogP contribution in [0.25, 0.3) is 0 Å². The van der Waals surface area contributed by atoms with E-state index in [2.05, 4.69) is 22.7 Å². The molecule has 0 unspecified atom stereocenters. The van der Waals surface area contributed by atoms with Crippen molar-refractivity contribution < 1.29 is 4.79 Å². The molecule has 106 valence electrons. The summed E-state index contributed by atoms with van der Waals surface area (Å²) in [7, 11) is 1.87. The van der Waals surface area contributed by atoms with E-state index in [1.54, 1.807) is 4.68 Å². The zero-order valence-corrected chi connectivity index (χ0v) is 12.3. The van der Waals surface area contributed by atoms with Crippen LogP contribution in [0.3, 0.4) is 0 Å². The lowest BCUT2D eigenvalue weighted by Crippen LogP contribution is -2.43. The number of carbonyl (C=O) groups is 1. The molecule has 0 atom stereocenters. The van der Waals surface area contributed by atoms with Crippen LogP contribution >= 0.6 is 0 Å². The highest BCUT2D eigenvalue weighted by molar-refractivity contribution is 5.96. The fraction of sp³-hybridized carbons (Fsp3) is 0.714. The first kappa shape index (κ1) is 14.1. The third-order valence-electron chi connectivity index (χ3n) is 4.22. The van der Waals surface area contributed by atoms with Gasteiger partial charge in [-0.1, -0.05) is 6.92 Å². The summed E-state index contributed by atoms with van der Waals surface area (Å²) >= 11 is 0. The molecule has 2 N–H and O–H groups in total. The van der Waals surface area contributed by atoms with Gasteiger partial charge in [-0.2, -0.15) is 5.10 Å². The van der Waals surface area contributed by atoms with Crippen LogP contribution in [-0.2, 0) is 7.05 Å². The highest BCUT2D eigenvalue weighted by Crippen LogP contribution is 2.26. The van der Waals surface area contributed by atoms with Crippen molar-refractivity contribution in [2.75, 3.05) is 19.6 Å². The van der Waals surface area contributed by atoms with E-state index in [-0.39, 0.29) is 11.3 Å². The molecule has 0 aliphatic carbocycles. The standard InChI is InChI=1S/C14H24N4O/c1-10-12(11(2)18(4)17-10)13(19)16-9-14(3)5-7-15-8-6-14/h15H,5-9H2,1-4H3,(H,16,19). The van der Waals surface area contributed by atoms with Crippen LogP contribution in [0.2, 0.25) is 0 Å². The fourth-order valence-electron chi connectivity index (χ4n) is 2.69. The first-order chi connectivity index (χ1) is 8.93. The second-order valence-corrected chi connectivity index (χ2v) is 5.91. The summed E-state index contributed by atoms with van der Waals surface area (Å²) in [5.41, 5.74) is 2.66. The molecular weight excluding hydrogens is 240 g/mol. The average Bonchev–Trinajstić information content (AvgIpc) is 2.62. The van der Waals surface area contributed by atoms with Crippen molar-refractivity contribution >= 4 is 5.91 Å². The van der Waals surface area contributed by atoms with E-state index in [1.807, 2.05) is 20.9 Å². The molecular formula is C14H24N4O. The van der Waals surface area contributed by atoms with Crippen LogP contribution < -0.4 is 10.6 Å². The normalized spacial score (nSPS) is 18.3. The van der Waals surface area contributed by atoms with E-state index >= 15 is 0 Å². The Balaban J connectivity index is 2.01. The molecule has 2 rings (SSSR count). The molecule has 0 aromatic carbocycles. The molecule has 1 aliphatic heterocycles. The predicted octanol–water partition coefficient (Wildman–Crippen LogP) is 1.16. The zero-order chi connectivity index (χ0) is 14.0. The predicted molar refractivity (Wildman–Crippen MR) is 75.2 cm³/mol. The molecule has 0 saturated carbocycles. The Bertz CT molecular complexity index is 472. The number of piperidine rings is 1. The second kappa shape index (κ2) is 5.33. The molecule has 2 heterocycles. The summed E-state index contributed by atoms with van der Waals surface area (Å²) in [6.07, 6.45) is 2.22. The van der Waals surface area contributed by atoms with E-state index < -0.39 is 0 Å². The van der Waals surface area contributed by atoms with Crippen molar-refractivity contribution in [1.29, 1.82) is 0 Å². The van der Waals surface area contributed by atoms with Crippen molar-refractivity contribution in [3.63, 3.8) is 0 Å². The van der Waals surface area contributed by atoms with Gasteiger partial charge < -0.3 is 10.6 Å². The van der Waals surface area contributed by atoms with Crippen LogP contribution in [0, 0.1) is 19.3 Å². The van der Waals surface area contributed by atoms with E-state index in [1.165, 1.54) is 0 Å². The largest absolute Gasteiger partial charge is 0.351 e. The van der Waals surface area contributed by atoms with Gasteiger partial charge in [-0.05, 0) is 45.2 Å². The van der Waals surface area contributed by atoms with Crippen LogP contribution in [0.1, 0.15) is 41.5 Å². The van der Waals surface area contributed by atoms with Crippen molar-refractivity contribution in [1.82, 2.24) is 20.4 Å². The lowest BCUT2D eigenvalue weighted by molar-refractivity contribution is 0.0921. The van der Waals surface area contributed by atoms with Gasteiger partial charge in [0.15, 0.2) is 0 Å². The first-order valence-corrected chi connectivity index (χ1v) is 6.92. The number of hydrogen-bond acceptors (Lipinski definition) is 3. The van der Waals surface area contributed by atoms with Gasteiger partial charge in [0.05, 0.1) is 11.3 Å². The molecule has 1 amide bonds. The minimum Gasteiger partial charge on any atom is -0.351 e. The third-order valence-corrected chi connectivity index (χ3v) is 4.22. The molecule has 5 heteroatoms. The molecule has 1 aromatic heterocycles. The lowest BCUT2D eigenvalue weighted by atomic mass is 9.81. The van der Waals surface area contributed by atoms with Crippen molar-refractivity contribution in [3.05, 3.63) is 17.0 Å². The molecule has 1 aromatic rings. The molecule has 0 bridgehead atoms. The monoisotopic (exact) mass is 264 g/mol. The van der Waals surface area contributed by atoms with E-state index in [0.29, 0.717) is 0 Å². The Hall–Kier alpha value is -1.36. The molecule has 5 nitrogen and oxygen atoms in total. The number of hydrogen-bond donors (Lipinski definition) is 2. The Morgan fingerprint density at radius 3 is 2.58 bits per heavy atom. The number of rotatable bonds is 3. The number of aryl methyl sites for hydroxylation is 2. The Morgan fingerprint density at radius 2 is 2.05 bits per heavy atom. The summed E-state index contributed by atoms with van der Waals surface area (Å²) in [4.78, 5) is 12.3. The Kier molecular flexibility index (Phi) is 3.94. The summed E-state index contributed by atoms with van der Waals surface area (Å²) < 4.78 is 1.76. The fourth-order valence-corrected chi connectivity index (χ4v) is 2.69. The Morgan fingerprint density at radius 1 is 1.42 bits per heavy atom. The number of carbonyl (C=O) groups excluding carboxylic acids is 1. The van der Waals surface area contributed by atoms with Crippen LogP contribution in [0.4, 0.5) is 0 Å². The number of aromatic nitrogens is 2. The minimum atomic E-state index is 0.00265. The molecule has 1 fully saturated rings. The zero-order valence-electron chi connectivity index (χ0n) is 12.3. The average molecular weight is 264 g/mol. The number of amides is 1. The topological polar surface area (TPSA) is 59.0 Å². The molecule has 1 saturated heterocycles. The van der Waals surface area contributed by atoms with Gasteiger partial charge in [0.25, 0.3) is 5.91 Å². The maximum Gasteiger partial charge on any atom is 0.255 e. The highest BCUT2D eigenvalue weighted by Gasteiger charge is 2.28. The maximum atomic E-state index is 12.3. The van der Waals surface area contributed by atoms with Gasteiger partial charge in [-0.15, -0.1) is 0 Å². The van der Waals surface area contributed by atoms with Gasteiger partial charge in [-0.25, -0.2) is 0 Å². The summed E-state index contributed by atoms with van der Waals surface area (Å²) in [5.74, 6) is 0.00265. The van der Waals surface area contributed by atoms with E-state index in [4.69, 9.17) is 0 Å². The molecule has 19 heavy (non-hydrogen) atoms. The number of nitrogens with one attached hydrogen (secondary N) is 2. The van der Waals surface area contributed by atoms with E-state index in [0.717, 1.165) is 49.4 Å². The van der Waals surface area contributed by atoms with Crippen LogP contribution in [-0.4, -0.2) is 35.3 Å². The van der Waals surface area contributed by atoms with E-state index in [9.17, 15) is 4.79 Å². The summed E-state index contributed by atoms with van der Waals surface area (Å²) in [6, 6.07) is 0. The maximum absolute atomic E-state index is 12.3. The minimum absolute atomic E-state index is 0.00265. The van der Waals surface area contributed by atoms with Gasteiger partial charge in [-0.3, -0.25) is 9.48 Å². The summed E-state index contributed by atoms with van der Waals surface area (Å²) in [5, 5.41) is 10.7. The Labute approximate surface area is 114 Å². The first-order valence-electron chi connectivity index (χ1n) is 6.92. The second-order valence-electron chi connectivity index (χ2n) is 5.91. The smallest absolute Gasteiger partial charge is 0.255 e. The van der Waals surface area contributed by atoms with Crippen LogP contribution in [0.5, 0.6) is 0 Å². The lowest BCUT2D eigenvalue weighted by Gasteiger charge is -2.34. The number of nitrogens with zero attached hydrogens (tertiary/aromatic N) is 2. The highest BCUT2D eigenvalue weighted by atomic mass is 16.1. The molecule has 0 radical (unpaired) electrons. The van der Waals surface area contributed by atoms with Gasteiger partial charge in [0.2, 0.25) is 0 Å². The van der Waals surface area contributed by atoms with Gasteiger partial charge >= 0.3 is 0 Å². The SMILES string of the molecule is Cc1nn(C)c(C)c1C(=O)NCC1(C)CCNCC1.